The van der Waals surface area contributed by atoms with Crippen molar-refractivity contribution in [1.82, 2.24) is 0 Å². The van der Waals surface area contributed by atoms with Crippen LogP contribution >= 0.6 is 22.6 Å². The van der Waals surface area contributed by atoms with Gasteiger partial charge in [0, 0.05) is 14.8 Å². The monoisotopic (exact) mass is 525 g/mol. The molecule has 0 saturated carbocycles. The Morgan fingerprint density at radius 2 is 1.61 bits per heavy atom. The standard InChI is InChI=1S/C25H17FINO3/c26-20-9-5-4-8-19(20)23-22(21(29)15-10-16-6-2-1-3-7-16)24(30)25(31)28(23)18-13-11-17(27)12-14-18/h1-15,23,30H/b15-10+/t23-/m0/s1. The summed E-state index contributed by atoms with van der Waals surface area (Å²) in [6.07, 6.45) is 2.89. The Bertz CT molecular complexity index is 1200. The van der Waals surface area contributed by atoms with E-state index in [4.69, 9.17) is 0 Å². The van der Waals surface area contributed by atoms with Gasteiger partial charge in [0.2, 0.25) is 0 Å². The van der Waals surface area contributed by atoms with Crippen LogP contribution < -0.4 is 4.90 Å². The molecule has 0 aliphatic carbocycles. The van der Waals surface area contributed by atoms with E-state index in [1.54, 1.807) is 36.4 Å². The number of hydrogen-bond donors (Lipinski definition) is 1. The van der Waals surface area contributed by atoms with Crippen LogP contribution in [0.5, 0.6) is 0 Å². The molecule has 0 spiro atoms. The number of carbonyl (C=O) groups is 2. The van der Waals surface area contributed by atoms with E-state index < -0.39 is 29.3 Å². The van der Waals surface area contributed by atoms with Gasteiger partial charge in [-0.3, -0.25) is 14.5 Å². The predicted octanol–water partition coefficient (Wildman–Crippen LogP) is 5.61. The van der Waals surface area contributed by atoms with E-state index in [0.29, 0.717) is 5.69 Å². The lowest BCUT2D eigenvalue weighted by Crippen LogP contribution is -2.31. The lowest BCUT2D eigenvalue weighted by atomic mass is 9.95. The lowest BCUT2D eigenvalue weighted by Gasteiger charge is -2.27. The molecule has 31 heavy (non-hydrogen) atoms. The van der Waals surface area contributed by atoms with Gasteiger partial charge in [0.05, 0.1) is 11.6 Å². The van der Waals surface area contributed by atoms with Crippen LogP contribution in [0.3, 0.4) is 0 Å². The van der Waals surface area contributed by atoms with Gasteiger partial charge in [-0.05, 0) is 64.6 Å². The molecule has 0 radical (unpaired) electrons. The Kier molecular flexibility index (Phi) is 5.99. The minimum Gasteiger partial charge on any atom is -0.503 e. The summed E-state index contributed by atoms with van der Waals surface area (Å²) in [6, 6.07) is 21.0. The van der Waals surface area contributed by atoms with Crippen molar-refractivity contribution in [3.05, 3.63) is 117 Å². The number of aliphatic hydroxyl groups excluding tert-OH is 1. The van der Waals surface area contributed by atoms with E-state index in [-0.39, 0.29) is 11.1 Å². The molecule has 4 rings (SSSR count). The highest BCUT2D eigenvalue weighted by Crippen LogP contribution is 2.42. The first-order chi connectivity index (χ1) is 15.0. The number of hydrogen-bond acceptors (Lipinski definition) is 3. The minimum atomic E-state index is -1.08. The van der Waals surface area contributed by atoms with Crippen LogP contribution in [0.15, 0.2) is 96.3 Å². The van der Waals surface area contributed by atoms with E-state index in [9.17, 15) is 19.1 Å². The quantitative estimate of drug-likeness (QED) is 0.348. The average Bonchev–Trinajstić information content (AvgIpc) is 3.04. The number of ketones is 1. The van der Waals surface area contributed by atoms with Crippen LogP contribution in [-0.2, 0) is 9.59 Å². The number of rotatable bonds is 5. The molecule has 154 valence electrons. The minimum absolute atomic E-state index is 0.134. The number of allylic oxidation sites excluding steroid dienone is 1. The molecule has 6 heteroatoms. The Hall–Kier alpha value is -3.26. The molecular weight excluding hydrogens is 508 g/mol. The first-order valence-corrected chi connectivity index (χ1v) is 10.6. The Balaban J connectivity index is 1.81. The van der Waals surface area contributed by atoms with Gasteiger partial charge < -0.3 is 5.11 Å². The Labute approximate surface area is 192 Å². The van der Waals surface area contributed by atoms with Crippen LogP contribution in [0, 0.1) is 9.39 Å². The van der Waals surface area contributed by atoms with E-state index in [0.717, 1.165) is 9.13 Å². The second-order valence-electron chi connectivity index (χ2n) is 6.95. The van der Waals surface area contributed by atoms with Crippen molar-refractivity contribution >= 4 is 46.0 Å². The van der Waals surface area contributed by atoms with Gasteiger partial charge >= 0.3 is 0 Å². The predicted molar refractivity (Wildman–Crippen MR) is 126 cm³/mol. The molecule has 1 aliphatic rings. The van der Waals surface area contributed by atoms with Crippen LogP contribution in [-0.4, -0.2) is 16.8 Å². The maximum Gasteiger partial charge on any atom is 0.294 e. The van der Waals surface area contributed by atoms with Gasteiger partial charge in [0.15, 0.2) is 11.5 Å². The molecule has 0 aromatic heterocycles. The van der Waals surface area contributed by atoms with Gasteiger partial charge in [0.1, 0.15) is 5.82 Å². The Morgan fingerprint density at radius 3 is 2.29 bits per heavy atom. The maximum absolute atomic E-state index is 14.8. The second-order valence-corrected chi connectivity index (χ2v) is 8.19. The van der Waals surface area contributed by atoms with E-state index in [1.807, 2.05) is 30.3 Å². The summed E-state index contributed by atoms with van der Waals surface area (Å²) in [5.41, 5.74) is 1.23. The number of nitrogens with zero attached hydrogens (tertiary/aromatic N) is 1. The van der Waals surface area contributed by atoms with Crippen molar-refractivity contribution in [2.75, 3.05) is 4.90 Å². The fourth-order valence-electron chi connectivity index (χ4n) is 3.54. The molecule has 1 heterocycles. The SMILES string of the molecule is O=C(/C=C/c1ccccc1)C1=C(O)C(=O)N(c2ccc(I)cc2)[C@H]1c1ccccc1F. The molecular formula is C25H17FINO3. The van der Waals surface area contributed by atoms with E-state index >= 15 is 0 Å². The van der Waals surface area contributed by atoms with Crippen LogP contribution in [0.4, 0.5) is 10.1 Å². The highest BCUT2D eigenvalue weighted by Gasteiger charge is 2.44. The first-order valence-electron chi connectivity index (χ1n) is 9.51. The third kappa shape index (κ3) is 4.16. The number of anilines is 1. The van der Waals surface area contributed by atoms with E-state index in [2.05, 4.69) is 22.6 Å². The molecule has 3 aromatic carbocycles. The maximum atomic E-state index is 14.8. The van der Waals surface area contributed by atoms with Gasteiger partial charge in [-0.25, -0.2) is 4.39 Å². The van der Waals surface area contributed by atoms with Crippen molar-refractivity contribution in [2.45, 2.75) is 6.04 Å². The zero-order chi connectivity index (χ0) is 22.0. The molecule has 0 saturated heterocycles. The summed E-state index contributed by atoms with van der Waals surface area (Å²) < 4.78 is 15.7. The fourth-order valence-corrected chi connectivity index (χ4v) is 3.90. The van der Waals surface area contributed by atoms with Crippen molar-refractivity contribution < 1.29 is 19.1 Å². The lowest BCUT2D eigenvalue weighted by molar-refractivity contribution is -0.117. The smallest absolute Gasteiger partial charge is 0.294 e. The van der Waals surface area contributed by atoms with Crippen molar-refractivity contribution in [1.29, 1.82) is 0 Å². The van der Waals surface area contributed by atoms with Crippen LogP contribution in [0.25, 0.3) is 6.08 Å². The van der Waals surface area contributed by atoms with E-state index in [1.165, 1.54) is 29.2 Å². The topological polar surface area (TPSA) is 57.6 Å². The number of amides is 1. The summed E-state index contributed by atoms with van der Waals surface area (Å²) in [5.74, 6) is -2.54. The van der Waals surface area contributed by atoms with Crippen molar-refractivity contribution in [3.8, 4) is 0 Å². The highest BCUT2D eigenvalue weighted by atomic mass is 127. The molecule has 3 aromatic rings. The summed E-state index contributed by atoms with van der Waals surface area (Å²) >= 11 is 2.14. The summed E-state index contributed by atoms with van der Waals surface area (Å²) in [7, 11) is 0. The Morgan fingerprint density at radius 1 is 0.968 bits per heavy atom. The number of carbonyl (C=O) groups excluding carboxylic acids is 2. The number of halogens is 2. The van der Waals surface area contributed by atoms with Gasteiger partial charge in [0.25, 0.3) is 5.91 Å². The van der Waals surface area contributed by atoms with Crippen LogP contribution in [0.2, 0.25) is 0 Å². The van der Waals surface area contributed by atoms with Crippen molar-refractivity contribution in [2.24, 2.45) is 0 Å². The third-order valence-corrected chi connectivity index (χ3v) is 5.72. The summed E-state index contributed by atoms with van der Waals surface area (Å²) in [4.78, 5) is 27.3. The highest BCUT2D eigenvalue weighted by molar-refractivity contribution is 14.1. The largest absolute Gasteiger partial charge is 0.503 e. The second kappa shape index (κ2) is 8.85. The molecule has 1 atom stereocenters. The number of benzene rings is 3. The fraction of sp³-hybridized carbons (Fsp3) is 0.0400. The molecule has 1 amide bonds. The van der Waals surface area contributed by atoms with Gasteiger partial charge in [-0.1, -0.05) is 54.6 Å². The molecule has 1 aliphatic heterocycles. The third-order valence-electron chi connectivity index (χ3n) is 5.00. The summed E-state index contributed by atoms with van der Waals surface area (Å²) in [6.45, 7) is 0. The molecule has 4 nitrogen and oxygen atoms in total. The zero-order valence-corrected chi connectivity index (χ0v) is 18.4. The van der Waals surface area contributed by atoms with Crippen molar-refractivity contribution in [3.63, 3.8) is 0 Å². The molecule has 1 N–H and O–H groups in total. The molecule has 0 unspecified atom stereocenters. The zero-order valence-electron chi connectivity index (χ0n) is 16.2. The molecule has 0 bridgehead atoms. The normalized spacial score (nSPS) is 16.4. The van der Waals surface area contributed by atoms with Gasteiger partial charge in [-0.2, -0.15) is 0 Å². The van der Waals surface area contributed by atoms with Crippen LogP contribution in [0.1, 0.15) is 17.2 Å². The number of aliphatic hydroxyl groups is 1. The van der Waals surface area contributed by atoms with Gasteiger partial charge in [-0.15, -0.1) is 0 Å². The average molecular weight is 525 g/mol. The first kappa shape index (κ1) is 21.0. The molecule has 0 fully saturated rings. The summed E-state index contributed by atoms with van der Waals surface area (Å²) in [5, 5.41) is 10.6.